The molecule has 1 fully saturated rings. The summed E-state index contributed by atoms with van der Waals surface area (Å²) in [5.41, 5.74) is 4.15. The Labute approximate surface area is 169 Å². The molecule has 0 bridgehead atoms. The number of fused-ring (bicyclic) bond motifs is 1. The maximum Gasteiger partial charge on any atom is 0.226 e. The zero-order valence-electron chi connectivity index (χ0n) is 15.7. The second-order valence-electron chi connectivity index (χ2n) is 7.44. The summed E-state index contributed by atoms with van der Waals surface area (Å²) in [7, 11) is 0. The normalized spacial score (nSPS) is 14.3. The predicted molar refractivity (Wildman–Crippen MR) is 112 cm³/mol. The van der Waals surface area contributed by atoms with Crippen LogP contribution in [0.1, 0.15) is 40.8 Å². The molecule has 4 rings (SSSR count). The lowest BCUT2D eigenvalue weighted by Gasteiger charge is -2.31. The molecule has 0 unspecified atom stereocenters. The molecule has 27 heavy (non-hydrogen) atoms. The van der Waals surface area contributed by atoms with Crippen molar-refractivity contribution in [3.8, 4) is 0 Å². The lowest BCUT2D eigenvalue weighted by molar-refractivity contribution is -0.139. The van der Waals surface area contributed by atoms with E-state index >= 15 is 0 Å². The van der Waals surface area contributed by atoms with Gasteiger partial charge in [0.15, 0.2) is 0 Å². The van der Waals surface area contributed by atoms with Gasteiger partial charge in [-0.3, -0.25) is 4.79 Å². The van der Waals surface area contributed by atoms with Crippen LogP contribution in [0.2, 0.25) is 5.15 Å². The summed E-state index contributed by atoms with van der Waals surface area (Å²) in [5, 5.41) is 3.66. The van der Waals surface area contributed by atoms with E-state index in [0.717, 1.165) is 41.3 Å². The predicted octanol–water partition coefficient (Wildman–Crippen LogP) is 5.90. The molecule has 3 aromatic rings. The van der Waals surface area contributed by atoms with E-state index in [1.54, 1.807) is 11.3 Å². The molecule has 3 nitrogen and oxygen atoms in total. The zero-order valence-corrected chi connectivity index (χ0v) is 17.2. The Morgan fingerprint density at radius 1 is 1.22 bits per heavy atom. The van der Waals surface area contributed by atoms with Crippen LogP contribution in [0.25, 0.3) is 10.9 Å². The highest BCUT2D eigenvalue weighted by molar-refractivity contribution is 7.09. The van der Waals surface area contributed by atoms with E-state index in [4.69, 9.17) is 11.6 Å². The molecule has 0 saturated heterocycles. The fraction of sp³-hybridized carbons (Fsp3) is 0.364. The Balaban J connectivity index is 1.68. The summed E-state index contributed by atoms with van der Waals surface area (Å²) in [6, 6.07) is 10.4. The number of nitrogens with zero attached hydrogens (tertiary/aromatic N) is 2. The summed E-state index contributed by atoms with van der Waals surface area (Å²) in [5.74, 6) is 0.410. The van der Waals surface area contributed by atoms with Gasteiger partial charge in [0.05, 0.1) is 12.1 Å². The van der Waals surface area contributed by atoms with E-state index in [1.807, 2.05) is 17.9 Å². The Morgan fingerprint density at radius 3 is 2.67 bits per heavy atom. The van der Waals surface area contributed by atoms with Gasteiger partial charge < -0.3 is 4.90 Å². The van der Waals surface area contributed by atoms with Gasteiger partial charge in [0.2, 0.25) is 5.91 Å². The van der Waals surface area contributed by atoms with Crippen molar-refractivity contribution in [2.75, 3.05) is 0 Å². The Bertz CT molecular complexity index is 980. The molecule has 0 N–H and O–H groups in total. The van der Waals surface area contributed by atoms with Gasteiger partial charge in [0.1, 0.15) is 5.15 Å². The summed E-state index contributed by atoms with van der Waals surface area (Å²) in [6.45, 7) is 5.27. The average molecular weight is 399 g/mol. The summed E-state index contributed by atoms with van der Waals surface area (Å²) in [4.78, 5) is 20.8. The highest BCUT2D eigenvalue weighted by atomic mass is 35.5. The highest BCUT2D eigenvalue weighted by Gasteiger charge is 2.30. The fourth-order valence-corrected chi connectivity index (χ4v) is 4.50. The second kappa shape index (κ2) is 7.61. The van der Waals surface area contributed by atoms with Gasteiger partial charge in [0.25, 0.3) is 0 Å². The van der Waals surface area contributed by atoms with E-state index in [2.05, 4.69) is 41.6 Å². The molecule has 1 aromatic carbocycles. The number of halogens is 1. The molecule has 0 radical (unpaired) electrons. The van der Waals surface area contributed by atoms with Crippen LogP contribution < -0.4 is 0 Å². The molecule has 1 aliphatic carbocycles. The summed E-state index contributed by atoms with van der Waals surface area (Å²) >= 11 is 8.22. The number of rotatable bonds is 5. The maximum atomic E-state index is 13.0. The number of benzene rings is 1. The van der Waals surface area contributed by atoms with Gasteiger partial charge >= 0.3 is 0 Å². The minimum atomic E-state index is 0.168. The third-order valence-electron chi connectivity index (χ3n) is 5.48. The molecule has 0 aliphatic heterocycles. The van der Waals surface area contributed by atoms with Crippen LogP contribution in [0.4, 0.5) is 0 Å². The quantitative estimate of drug-likeness (QED) is 0.501. The molecule has 1 amide bonds. The summed E-state index contributed by atoms with van der Waals surface area (Å²) in [6.07, 6.45) is 3.16. The second-order valence-corrected chi connectivity index (χ2v) is 8.83. The molecule has 5 heteroatoms. The molecule has 140 valence electrons. The Morgan fingerprint density at radius 2 is 2.00 bits per heavy atom. The molecule has 1 aliphatic rings. The first-order valence-corrected chi connectivity index (χ1v) is 10.6. The van der Waals surface area contributed by atoms with Crippen LogP contribution in [-0.4, -0.2) is 15.8 Å². The first-order valence-electron chi connectivity index (χ1n) is 9.39. The number of hydrogen-bond acceptors (Lipinski definition) is 3. The van der Waals surface area contributed by atoms with Crippen LogP contribution in [-0.2, 0) is 17.9 Å². The minimum absolute atomic E-state index is 0.168. The molecule has 1 saturated carbocycles. The topological polar surface area (TPSA) is 33.2 Å². The van der Waals surface area contributed by atoms with Crippen molar-refractivity contribution in [3.63, 3.8) is 0 Å². The summed E-state index contributed by atoms with van der Waals surface area (Å²) < 4.78 is 0. The van der Waals surface area contributed by atoms with E-state index in [-0.39, 0.29) is 11.8 Å². The van der Waals surface area contributed by atoms with Crippen molar-refractivity contribution in [1.82, 2.24) is 9.88 Å². The first-order chi connectivity index (χ1) is 13.0. The number of thiophene rings is 1. The number of hydrogen-bond donors (Lipinski definition) is 0. The SMILES string of the molecule is Cc1ccc(C)c2nc(Cl)c(CN(Cc3cccs3)C(=O)C3CCC3)cc12. The number of aromatic nitrogens is 1. The van der Waals surface area contributed by atoms with E-state index in [9.17, 15) is 4.79 Å². The van der Waals surface area contributed by atoms with Gasteiger partial charge in [-0.1, -0.05) is 36.2 Å². The van der Waals surface area contributed by atoms with E-state index in [0.29, 0.717) is 18.2 Å². The van der Waals surface area contributed by atoms with Crippen LogP contribution in [0, 0.1) is 19.8 Å². The third kappa shape index (κ3) is 3.74. The van der Waals surface area contributed by atoms with Crippen LogP contribution in [0.3, 0.4) is 0 Å². The van der Waals surface area contributed by atoms with E-state index < -0.39 is 0 Å². The zero-order chi connectivity index (χ0) is 19.0. The first kappa shape index (κ1) is 18.5. The van der Waals surface area contributed by atoms with E-state index in [1.165, 1.54) is 10.4 Å². The van der Waals surface area contributed by atoms with Crippen LogP contribution >= 0.6 is 22.9 Å². The molecule has 0 spiro atoms. The molecule has 2 heterocycles. The number of carbonyl (C=O) groups excluding carboxylic acids is 1. The largest absolute Gasteiger partial charge is 0.333 e. The lowest BCUT2D eigenvalue weighted by atomic mass is 9.84. The van der Waals surface area contributed by atoms with Crippen molar-refractivity contribution in [3.05, 3.63) is 62.4 Å². The van der Waals surface area contributed by atoms with Gasteiger partial charge in [-0.15, -0.1) is 11.3 Å². The molecule has 0 atom stereocenters. The van der Waals surface area contributed by atoms with Crippen molar-refractivity contribution >= 4 is 39.7 Å². The van der Waals surface area contributed by atoms with Crippen molar-refractivity contribution in [2.24, 2.45) is 5.92 Å². The van der Waals surface area contributed by atoms with Crippen LogP contribution in [0.5, 0.6) is 0 Å². The van der Waals surface area contributed by atoms with Gasteiger partial charge in [0, 0.05) is 28.3 Å². The fourth-order valence-electron chi connectivity index (χ4n) is 3.58. The number of amides is 1. The van der Waals surface area contributed by atoms with Crippen molar-refractivity contribution < 1.29 is 4.79 Å². The van der Waals surface area contributed by atoms with Crippen molar-refractivity contribution in [2.45, 2.75) is 46.2 Å². The average Bonchev–Trinajstić information content (AvgIpc) is 3.10. The number of aryl methyl sites for hydroxylation is 2. The number of pyridine rings is 1. The van der Waals surface area contributed by atoms with Gasteiger partial charge in [-0.05, 0) is 55.3 Å². The monoisotopic (exact) mass is 398 g/mol. The van der Waals surface area contributed by atoms with Gasteiger partial charge in [-0.2, -0.15) is 0 Å². The van der Waals surface area contributed by atoms with Crippen LogP contribution in [0.15, 0.2) is 35.7 Å². The maximum absolute atomic E-state index is 13.0. The Hall–Kier alpha value is -1.91. The van der Waals surface area contributed by atoms with Gasteiger partial charge in [-0.25, -0.2) is 4.98 Å². The third-order valence-corrected chi connectivity index (χ3v) is 6.67. The van der Waals surface area contributed by atoms with Crippen molar-refractivity contribution in [1.29, 1.82) is 0 Å². The molecular formula is C22H23ClN2OS. The highest BCUT2D eigenvalue weighted by Crippen LogP contribution is 2.31. The number of carbonyl (C=O) groups is 1. The lowest BCUT2D eigenvalue weighted by Crippen LogP contribution is -2.38. The standard InChI is InChI=1S/C22H23ClN2OS/c1-14-8-9-15(2)20-19(14)11-17(21(23)24-20)12-25(13-18-7-4-10-27-18)22(26)16-5-3-6-16/h4,7-11,16H,3,5-6,12-13H2,1-2H3. The molecular weight excluding hydrogens is 376 g/mol. The minimum Gasteiger partial charge on any atom is -0.333 e. The smallest absolute Gasteiger partial charge is 0.226 e. The molecule has 2 aromatic heterocycles. The Kier molecular flexibility index (Phi) is 5.20.